The molecule has 3 aromatic carbocycles. The minimum absolute atomic E-state index is 0.133. The number of oxazole rings is 1. The van der Waals surface area contributed by atoms with Gasteiger partial charge < -0.3 is 23.5 Å². The van der Waals surface area contributed by atoms with Gasteiger partial charge in [-0.25, -0.2) is 0 Å². The Balaban J connectivity index is 1.66. The summed E-state index contributed by atoms with van der Waals surface area (Å²) in [5.74, 6) is 1.36. The second-order valence-electron chi connectivity index (χ2n) is 7.12. The number of ether oxygens (including phenoxy) is 1. The lowest BCUT2D eigenvalue weighted by Crippen LogP contribution is -2.19. The van der Waals surface area contributed by atoms with Gasteiger partial charge in [-0.1, -0.05) is 54.6 Å². The molecule has 1 N–H and O–H groups in total. The Morgan fingerprint density at radius 3 is 2.36 bits per heavy atom. The second kappa shape index (κ2) is 10.7. The van der Waals surface area contributed by atoms with Crippen LogP contribution in [0.3, 0.4) is 0 Å². The van der Waals surface area contributed by atoms with Crippen molar-refractivity contribution in [3.63, 3.8) is 0 Å². The van der Waals surface area contributed by atoms with Gasteiger partial charge in [0.25, 0.3) is 0 Å². The fourth-order valence-electron chi connectivity index (χ4n) is 3.49. The van der Waals surface area contributed by atoms with Gasteiger partial charge in [-0.2, -0.15) is 4.98 Å². The van der Waals surface area contributed by atoms with E-state index in [0.29, 0.717) is 19.0 Å². The Bertz CT molecular complexity index is 1230. The molecule has 8 heteroatoms. The number of aromatic nitrogens is 1. The summed E-state index contributed by atoms with van der Waals surface area (Å²) >= 11 is 0. The highest BCUT2D eigenvalue weighted by Gasteiger charge is 2.36. The summed E-state index contributed by atoms with van der Waals surface area (Å²) in [7, 11) is -3.68. The summed E-state index contributed by atoms with van der Waals surface area (Å²) in [6, 6.07) is 23.4. The van der Waals surface area contributed by atoms with E-state index < -0.39 is 7.60 Å². The second-order valence-corrected chi connectivity index (χ2v) is 9.05. The Morgan fingerprint density at radius 2 is 1.61 bits per heavy atom. The standard InChI is InChI=1S/C25H27N2O5P/c1-3-30-33(28,31-4-2)25-24(26-17-18-29-20-13-6-5-7-14-20)32-23(27-25)22-16-10-12-19-11-8-9-15-21(19)22/h5-16,26H,3-4,17-18H2,1-2H3. The van der Waals surface area contributed by atoms with Gasteiger partial charge in [0.2, 0.25) is 17.2 Å². The maximum atomic E-state index is 13.6. The minimum Gasteiger partial charge on any atom is -0.492 e. The first kappa shape index (κ1) is 23.1. The third-order valence-corrected chi connectivity index (χ3v) is 6.90. The van der Waals surface area contributed by atoms with E-state index in [1.165, 1.54) is 0 Å². The highest BCUT2D eigenvalue weighted by Crippen LogP contribution is 2.49. The molecule has 0 spiro atoms. The molecule has 0 unspecified atom stereocenters. The molecule has 0 fully saturated rings. The maximum absolute atomic E-state index is 13.6. The molecular weight excluding hydrogens is 439 g/mol. The molecule has 0 saturated heterocycles. The predicted octanol–water partition coefficient (Wildman–Crippen LogP) is 5.88. The zero-order valence-electron chi connectivity index (χ0n) is 18.7. The average molecular weight is 466 g/mol. The van der Waals surface area contributed by atoms with Gasteiger partial charge >= 0.3 is 7.60 Å². The number of para-hydroxylation sites is 1. The predicted molar refractivity (Wildman–Crippen MR) is 130 cm³/mol. The first-order chi connectivity index (χ1) is 16.1. The van der Waals surface area contributed by atoms with Gasteiger partial charge in [0.1, 0.15) is 12.4 Å². The Kier molecular flexibility index (Phi) is 7.45. The fourth-order valence-corrected chi connectivity index (χ4v) is 5.08. The van der Waals surface area contributed by atoms with Gasteiger partial charge in [0.15, 0.2) is 0 Å². The van der Waals surface area contributed by atoms with Gasteiger partial charge in [-0.05, 0) is 42.8 Å². The summed E-state index contributed by atoms with van der Waals surface area (Å²) in [5.41, 5.74) is 0.927. The number of nitrogens with one attached hydrogen (secondary N) is 1. The van der Waals surface area contributed by atoms with Crippen LogP contribution in [-0.4, -0.2) is 31.3 Å². The molecule has 0 aliphatic carbocycles. The van der Waals surface area contributed by atoms with Crippen LogP contribution >= 0.6 is 7.60 Å². The normalized spacial score (nSPS) is 11.6. The molecule has 4 aromatic rings. The van der Waals surface area contributed by atoms with Crippen LogP contribution in [0.5, 0.6) is 5.75 Å². The molecule has 0 atom stereocenters. The highest BCUT2D eigenvalue weighted by atomic mass is 31.2. The van der Waals surface area contributed by atoms with Crippen LogP contribution in [0.2, 0.25) is 0 Å². The van der Waals surface area contributed by atoms with E-state index in [9.17, 15) is 4.57 Å². The van der Waals surface area contributed by atoms with E-state index in [2.05, 4.69) is 10.3 Å². The van der Waals surface area contributed by atoms with E-state index in [1.54, 1.807) is 13.8 Å². The number of anilines is 1. The lowest BCUT2D eigenvalue weighted by Gasteiger charge is -2.15. The molecule has 1 aromatic heterocycles. The fraction of sp³-hybridized carbons (Fsp3) is 0.240. The number of hydrogen-bond donors (Lipinski definition) is 1. The van der Waals surface area contributed by atoms with Crippen LogP contribution in [0.15, 0.2) is 77.2 Å². The third kappa shape index (κ3) is 5.28. The summed E-state index contributed by atoms with van der Waals surface area (Å²) in [6.45, 7) is 4.73. The smallest absolute Gasteiger partial charge is 0.385 e. The summed E-state index contributed by atoms with van der Waals surface area (Å²) in [5, 5.41) is 5.19. The van der Waals surface area contributed by atoms with Crippen molar-refractivity contribution in [3.8, 4) is 17.2 Å². The molecular formula is C25H27N2O5P. The molecule has 0 aliphatic rings. The van der Waals surface area contributed by atoms with E-state index in [-0.39, 0.29) is 24.5 Å². The third-order valence-electron chi connectivity index (χ3n) is 4.89. The number of fused-ring (bicyclic) bond motifs is 1. The van der Waals surface area contributed by atoms with E-state index in [4.69, 9.17) is 18.2 Å². The minimum atomic E-state index is -3.68. The van der Waals surface area contributed by atoms with E-state index >= 15 is 0 Å². The number of benzene rings is 3. The number of hydrogen-bond acceptors (Lipinski definition) is 7. The highest BCUT2D eigenvalue weighted by molar-refractivity contribution is 7.62. The SMILES string of the molecule is CCOP(=O)(OCC)c1nc(-c2cccc3ccccc23)oc1NCCOc1ccccc1. The van der Waals surface area contributed by atoms with E-state index in [1.807, 2.05) is 72.8 Å². The van der Waals surface area contributed by atoms with Crippen molar-refractivity contribution in [2.24, 2.45) is 0 Å². The van der Waals surface area contributed by atoms with Gasteiger partial charge in [-0.15, -0.1) is 0 Å². The molecule has 4 rings (SSSR count). The largest absolute Gasteiger partial charge is 0.492 e. The zero-order chi connectivity index (χ0) is 23.1. The number of nitrogens with zero attached hydrogens (tertiary/aromatic N) is 1. The molecule has 1 heterocycles. The van der Waals surface area contributed by atoms with Crippen molar-refractivity contribution in [1.29, 1.82) is 0 Å². The first-order valence-electron chi connectivity index (χ1n) is 10.9. The van der Waals surface area contributed by atoms with Crippen molar-refractivity contribution in [2.45, 2.75) is 13.8 Å². The molecule has 0 bridgehead atoms. The first-order valence-corrected chi connectivity index (χ1v) is 12.5. The van der Waals surface area contributed by atoms with Crippen LogP contribution in [0.25, 0.3) is 22.2 Å². The lowest BCUT2D eigenvalue weighted by atomic mass is 10.0. The van der Waals surface area contributed by atoms with Crippen molar-refractivity contribution in [2.75, 3.05) is 31.7 Å². The molecule has 33 heavy (non-hydrogen) atoms. The van der Waals surface area contributed by atoms with Gasteiger partial charge in [0.05, 0.1) is 19.8 Å². The molecule has 172 valence electrons. The maximum Gasteiger partial charge on any atom is 0.385 e. The van der Waals surface area contributed by atoms with Crippen LogP contribution in [-0.2, 0) is 13.6 Å². The summed E-state index contributed by atoms with van der Waals surface area (Å²) in [4.78, 5) is 4.59. The van der Waals surface area contributed by atoms with Crippen LogP contribution < -0.4 is 15.5 Å². The molecule has 0 amide bonds. The lowest BCUT2D eigenvalue weighted by molar-refractivity contribution is 0.229. The zero-order valence-corrected chi connectivity index (χ0v) is 19.6. The Morgan fingerprint density at radius 1 is 0.909 bits per heavy atom. The topological polar surface area (TPSA) is 82.8 Å². The quantitative estimate of drug-likeness (QED) is 0.218. The van der Waals surface area contributed by atoms with Crippen LogP contribution in [0.4, 0.5) is 5.88 Å². The Labute approximate surface area is 193 Å². The van der Waals surface area contributed by atoms with Crippen molar-refractivity contribution >= 4 is 29.7 Å². The van der Waals surface area contributed by atoms with E-state index in [0.717, 1.165) is 22.1 Å². The van der Waals surface area contributed by atoms with Crippen molar-refractivity contribution < 1.29 is 22.8 Å². The van der Waals surface area contributed by atoms with Crippen molar-refractivity contribution in [3.05, 3.63) is 72.8 Å². The average Bonchev–Trinajstić information content (AvgIpc) is 3.27. The summed E-state index contributed by atoms with van der Waals surface area (Å²) < 4.78 is 36.5. The van der Waals surface area contributed by atoms with Gasteiger partial charge in [-0.3, -0.25) is 4.57 Å². The monoisotopic (exact) mass is 466 g/mol. The van der Waals surface area contributed by atoms with Crippen molar-refractivity contribution in [1.82, 2.24) is 4.98 Å². The Hall–Kier alpha value is -3.12. The number of rotatable bonds is 11. The molecule has 7 nitrogen and oxygen atoms in total. The molecule has 0 aliphatic heterocycles. The van der Waals surface area contributed by atoms with Gasteiger partial charge in [0, 0.05) is 5.56 Å². The van der Waals surface area contributed by atoms with Crippen LogP contribution in [0.1, 0.15) is 13.8 Å². The molecule has 0 saturated carbocycles. The molecule has 0 radical (unpaired) electrons. The summed E-state index contributed by atoms with van der Waals surface area (Å²) in [6.07, 6.45) is 0. The van der Waals surface area contributed by atoms with Crippen LogP contribution in [0, 0.1) is 0 Å².